The Labute approximate surface area is 94.5 Å². The maximum atomic E-state index is 5.74. The van der Waals surface area contributed by atoms with Crippen molar-refractivity contribution in [2.75, 3.05) is 24.5 Å². The Balaban J connectivity index is 1.98. The van der Waals surface area contributed by atoms with Crippen molar-refractivity contribution in [1.29, 1.82) is 0 Å². The molecule has 0 aromatic carbocycles. The predicted octanol–water partition coefficient (Wildman–Crippen LogP) is 1.31. The van der Waals surface area contributed by atoms with Crippen molar-refractivity contribution in [1.82, 2.24) is 9.97 Å². The minimum atomic E-state index is 0.579. The first-order chi connectivity index (χ1) is 7.29. The summed E-state index contributed by atoms with van der Waals surface area (Å²) in [5.41, 5.74) is 5.64. The minimum Gasteiger partial charge on any atom is -0.341 e. The normalized spacial score (nSPS) is 18.1. The van der Waals surface area contributed by atoms with Crippen LogP contribution in [0.15, 0.2) is 12.4 Å². The zero-order valence-electron chi connectivity index (χ0n) is 8.56. The van der Waals surface area contributed by atoms with Gasteiger partial charge >= 0.3 is 0 Å². The number of halogens is 1. The largest absolute Gasteiger partial charge is 0.341 e. The molecule has 0 bridgehead atoms. The van der Waals surface area contributed by atoms with Crippen molar-refractivity contribution in [2.24, 2.45) is 11.7 Å². The Bertz CT molecular complexity index is 306. The number of aromatic nitrogens is 2. The van der Waals surface area contributed by atoms with E-state index in [1.165, 1.54) is 0 Å². The summed E-state index contributed by atoms with van der Waals surface area (Å²) in [6, 6.07) is 0. The van der Waals surface area contributed by atoms with Gasteiger partial charge in [-0.1, -0.05) is 11.6 Å². The highest BCUT2D eigenvalue weighted by molar-refractivity contribution is 6.30. The van der Waals surface area contributed by atoms with Crippen LogP contribution in [0.3, 0.4) is 0 Å². The van der Waals surface area contributed by atoms with E-state index in [-0.39, 0.29) is 0 Å². The number of nitrogens with zero attached hydrogens (tertiary/aromatic N) is 3. The third kappa shape index (κ3) is 2.58. The Morgan fingerprint density at radius 1 is 1.33 bits per heavy atom. The second-order valence-electron chi connectivity index (χ2n) is 3.87. The summed E-state index contributed by atoms with van der Waals surface area (Å²) < 4.78 is 0. The lowest BCUT2D eigenvalue weighted by atomic mass is 9.97. The van der Waals surface area contributed by atoms with Gasteiger partial charge in [0.15, 0.2) is 0 Å². The summed E-state index contributed by atoms with van der Waals surface area (Å²) in [5.74, 6) is 1.43. The summed E-state index contributed by atoms with van der Waals surface area (Å²) >= 11 is 5.74. The maximum absolute atomic E-state index is 5.74. The molecule has 0 amide bonds. The fraction of sp³-hybridized carbons (Fsp3) is 0.600. The number of hydrogen-bond acceptors (Lipinski definition) is 4. The van der Waals surface area contributed by atoms with Crippen molar-refractivity contribution in [3.05, 3.63) is 17.4 Å². The molecule has 0 saturated carbocycles. The molecule has 1 aliphatic rings. The van der Waals surface area contributed by atoms with E-state index in [4.69, 9.17) is 17.3 Å². The van der Waals surface area contributed by atoms with Crippen LogP contribution in [0.2, 0.25) is 5.02 Å². The van der Waals surface area contributed by atoms with E-state index in [2.05, 4.69) is 14.9 Å². The Hall–Kier alpha value is -0.870. The Kier molecular flexibility index (Phi) is 3.38. The number of piperidine rings is 1. The van der Waals surface area contributed by atoms with Crippen LogP contribution in [0.4, 0.5) is 5.95 Å². The predicted molar refractivity (Wildman–Crippen MR) is 61.0 cm³/mol. The van der Waals surface area contributed by atoms with Crippen LogP contribution in [-0.4, -0.2) is 29.6 Å². The van der Waals surface area contributed by atoms with Gasteiger partial charge in [0, 0.05) is 13.1 Å². The summed E-state index contributed by atoms with van der Waals surface area (Å²) in [6.45, 7) is 2.77. The molecule has 2 N–H and O–H groups in total. The van der Waals surface area contributed by atoms with Crippen molar-refractivity contribution in [2.45, 2.75) is 12.8 Å². The summed E-state index contributed by atoms with van der Waals surface area (Å²) in [4.78, 5) is 10.6. The number of nitrogens with two attached hydrogens (primary N) is 1. The third-order valence-electron chi connectivity index (χ3n) is 2.84. The molecule has 1 fully saturated rings. The van der Waals surface area contributed by atoms with Gasteiger partial charge in [-0.25, -0.2) is 9.97 Å². The van der Waals surface area contributed by atoms with Gasteiger partial charge in [0.1, 0.15) is 0 Å². The fourth-order valence-electron chi connectivity index (χ4n) is 1.84. The van der Waals surface area contributed by atoms with Crippen LogP contribution < -0.4 is 10.6 Å². The van der Waals surface area contributed by atoms with Crippen LogP contribution in [0.5, 0.6) is 0 Å². The molecule has 2 rings (SSSR count). The van der Waals surface area contributed by atoms with Crippen molar-refractivity contribution in [3.8, 4) is 0 Å². The van der Waals surface area contributed by atoms with Gasteiger partial charge in [-0.15, -0.1) is 0 Å². The van der Waals surface area contributed by atoms with E-state index in [1.807, 2.05) is 0 Å². The molecule has 4 nitrogen and oxygen atoms in total. The molecule has 82 valence electrons. The molecule has 15 heavy (non-hydrogen) atoms. The molecule has 0 atom stereocenters. The lowest BCUT2D eigenvalue weighted by Crippen LogP contribution is -2.36. The van der Waals surface area contributed by atoms with Crippen LogP contribution in [0.25, 0.3) is 0 Å². The number of anilines is 1. The van der Waals surface area contributed by atoms with E-state index < -0.39 is 0 Å². The van der Waals surface area contributed by atoms with Crippen LogP contribution >= 0.6 is 11.6 Å². The number of rotatable bonds is 2. The van der Waals surface area contributed by atoms with Crippen LogP contribution in [0.1, 0.15) is 12.8 Å². The van der Waals surface area contributed by atoms with Crippen molar-refractivity contribution < 1.29 is 0 Å². The molecule has 0 radical (unpaired) electrons. The molecular formula is C10H15ClN4. The summed E-state index contributed by atoms with van der Waals surface area (Å²) in [7, 11) is 0. The lowest BCUT2D eigenvalue weighted by molar-refractivity contribution is 0.411. The Morgan fingerprint density at radius 2 is 1.93 bits per heavy atom. The number of hydrogen-bond donors (Lipinski definition) is 1. The SMILES string of the molecule is NCC1CCN(c2ncc(Cl)cn2)CC1. The van der Waals surface area contributed by atoms with Gasteiger partial charge in [-0.2, -0.15) is 0 Å². The molecule has 0 spiro atoms. The molecule has 1 aromatic heterocycles. The molecule has 0 unspecified atom stereocenters. The zero-order chi connectivity index (χ0) is 10.7. The highest BCUT2D eigenvalue weighted by atomic mass is 35.5. The highest BCUT2D eigenvalue weighted by Crippen LogP contribution is 2.19. The van der Waals surface area contributed by atoms with E-state index in [9.17, 15) is 0 Å². The third-order valence-corrected chi connectivity index (χ3v) is 3.03. The molecule has 1 aliphatic heterocycles. The monoisotopic (exact) mass is 226 g/mol. The van der Waals surface area contributed by atoms with Crippen LogP contribution in [-0.2, 0) is 0 Å². The average molecular weight is 227 g/mol. The van der Waals surface area contributed by atoms with Gasteiger partial charge in [-0.3, -0.25) is 0 Å². The standard InChI is InChI=1S/C10H15ClN4/c11-9-6-13-10(14-7-9)15-3-1-8(5-12)2-4-15/h6-8H,1-5,12H2. The molecule has 1 saturated heterocycles. The lowest BCUT2D eigenvalue weighted by Gasteiger charge is -2.31. The molecule has 0 aliphatic carbocycles. The smallest absolute Gasteiger partial charge is 0.225 e. The van der Waals surface area contributed by atoms with E-state index in [0.29, 0.717) is 10.9 Å². The molecule has 5 heteroatoms. The molecule has 1 aromatic rings. The first-order valence-electron chi connectivity index (χ1n) is 5.22. The van der Waals surface area contributed by atoms with Gasteiger partial charge in [0.2, 0.25) is 5.95 Å². The summed E-state index contributed by atoms with van der Waals surface area (Å²) in [5, 5.41) is 0.579. The molecular weight excluding hydrogens is 212 g/mol. The van der Waals surface area contributed by atoms with Gasteiger partial charge in [-0.05, 0) is 25.3 Å². The summed E-state index contributed by atoms with van der Waals surface area (Å²) in [6.07, 6.45) is 5.53. The second-order valence-corrected chi connectivity index (χ2v) is 4.30. The van der Waals surface area contributed by atoms with Gasteiger partial charge in [0.05, 0.1) is 17.4 Å². The fourth-order valence-corrected chi connectivity index (χ4v) is 1.94. The quantitative estimate of drug-likeness (QED) is 0.826. The van der Waals surface area contributed by atoms with Crippen LogP contribution in [0, 0.1) is 5.92 Å². The van der Waals surface area contributed by atoms with E-state index in [1.54, 1.807) is 12.4 Å². The highest BCUT2D eigenvalue weighted by Gasteiger charge is 2.19. The second kappa shape index (κ2) is 4.77. The van der Waals surface area contributed by atoms with E-state index in [0.717, 1.165) is 38.4 Å². The van der Waals surface area contributed by atoms with Gasteiger partial charge in [0.25, 0.3) is 0 Å². The average Bonchev–Trinajstić information content (AvgIpc) is 2.30. The first-order valence-corrected chi connectivity index (χ1v) is 5.60. The van der Waals surface area contributed by atoms with Gasteiger partial charge < -0.3 is 10.6 Å². The maximum Gasteiger partial charge on any atom is 0.225 e. The van der Waals surface area contributed by atoms with E-state index >= 15 is 0 Å². The van der Waals surface area contributed by atoms with Crippen molar-refractivity contribution >= 4 is 17.5 Å². The minimum absolute atomic E-state index is 0.579. The molecule has 2 heterocycles. The van der Waals surface area contributed by atoms with Crippen molar-refractivity contribution in [3.63, 3.8) is 0 Å². The zero-order valence-corrected chi connectivity index (χ0v) is 9.32. The first kappa shape index (κ1) is 10.6. The topological polar surface area (TPSA) is 55.0 Å². The Morgan fingerprint density at radius 3 is 2.47 bits per heavy atom.